The Morgan fingerprint density at radius 1 is 1.48 bits per heavy atom. The summed E-state index contributed by atoms with van der Waals surface area (Å²) in [6.45, 7) is 7.66. The van der Waals surface area contributed by atoms with Gasteiger partial charge in [0.2, 0.25) is 0 Å². The van der Waals surface area contributed by atoms with Gasteiger partial charge in [-0.2, -0.15) is 0 Å². The molecule has 5 nitrogen and oxygen atoms in total. The number of carbonyl (C=O) groups is 1. The van der Waals surface area contributed by atoms with Crippen molar-refractivity contribution >= 4 is 17.3 Å². The number of esters is 1. The van der Waals surface area contributed by atoms with Crippen LogP contribution < -0.4 is 10.6 Å². The average molecular weight is 292 g/mol. The summed E-state index contributed by atoms with van der Waals surface area (Å²) in [7, 11) is 0. The number of rotatable bonds is 4. The minimum absolute atomic E-state index is 0.113. The topological polar surface area (TPSA) is 64.8 Å². The molecule has 2 rings (SSSR count). The number of nitrogen functional groups attached to an aromatic ring is 1. The molecule has 1 saturated heterocycles. The molecule has 1 fully saturated rings. The number of benzene rings is 1. The molecule has 2 unspecified atom stereocenters. The van der Waals surface area contributed by atoms with Crippen molar-refractivity contribution in [2.75, 3.05) is 30.4 Å². The number of anilines is 2. The highest BCUT2D eigenvalue weighted by Gasteiger charge is 2.30. The molecule has 1 aliphatic heterocycles. The molecule has 0 radical (unpaired) electrons. The predicted octanol–water partition coefficient (Wildman–Crippen LogP) is 2.45. The number of nitrogens with two attached hydrogens (primary N) is 1. The van der Waals surface area contributed by atoms with Gasteiger partial charge in [0, 0.05) is 6.54 Å². The van der Waals surface area contributed by atoms with Gasteiger partial charge in [0.15, 0.2) is 0 Å². The van der Waals surface area contributed by atoms with Crippen LogP contribution in [-0.2, 0) is 9.47 Å². The van der Waals surface area contributed by atoms with Crippen molar-refractivity contribution in [1.82, 2.24) is 0 Å². The van der Waals surface area contributed by atoms with E-state index in [1.165, 1.54) is 0 Å². The predicted molar refractivity (Wildman–Crippen MR) is 83.6 cm³/mol. The summed E-state index contributed by atoms with van der Waals surface area (Å²) in [6, 6.07) is 5.61. The van der Waals surface area contributed by atoms with Gasteiger partial charge < -0.3 is 20.1 Å². The molecule has 116 valence electrons. The second-order valence-electron chi connectivity index (χ2n) is 5.32. The molecule has 2 atom stereocenters. The normalized spacial score (nSPS) is 22.1. The third-order valence-corrected chi connectivity index (χ3v) is 3.79. The Kier molecular flexibility index (Phi) is 5.07. The van der Waals surface area contributed by atoms with Crippen molar-refractivity contribution in [3.8, 4) is 0 Å². The molecule has 5 heteroatoms. The summed E-state index contributed by atoms with van der Waals surface area (Å²) in [5.74, 6) is -0.325. The molecule has 0 saturated carbocycles. The van der Waals surface area contributed by atoms with E-state index in [4.69, 9.17) is 15.2 Å². The van der Waals surface area contributed by atoms with Crippen LogP contribution in [0.3, 0.4) is 0 Å². The van der Waals surface area contributed by atoms with E-state index < -0.39 is 0 Å². The second-order valence-corrected chi connectivity index (χ2v) is 5.32. The lowest BCUT2D eigenvalue weighted by atomic mass is 10.0. The van der Waals surface area contributed by atoms with Crippen LogP contribution in [0.1, 0.15) is 37.6 Å². The minimum Gasteiger partial charge on any atom is -0.462 e. The lowest BCUT2D eigenvalue weighted by molar-refractivity contribution is 0.0296. The molecule has 0 aliphatic carbocycles. The Balaban J connectivity index is 2.42. The summed E-state index contributed by atoms with van der Waals surface area (Å²) < 4.78 is 10.9. The van der Waals surface area contributed by atoms with Gasteiger partial charge in [0.25, 0.3) is 0 Å². The molecule has 1 aliphatic rings. The molecular weight excluding hydrogens is 268 g/mol. The van der Waals surface area contributed by atoms with E-state index in [0.717, 1.165) is 18.7 Å². The molecule has 0 spiro atoms. The Morgan fingerprint density at radius 3 is 2.90 bits per heavy atom. The van der Waals surface area contributed by atoms with Gasteiger partial charge >= 0.3 is 5.97 Å². The standard InChI is InChI=1S/C16H24N2O3/c1-4-12-10-21-11(3)9-18(12)15-13(16(19)20-5-2)7-6-8-14(15)17/h6-8,11-12H,4-5,9-10,17H2,1-3H3. The lowest BCUT2D eigenvalue weighted by Gasteiger charge is -2.41. The van der Waals surface area contributed by atoms with Crippen molar-refractivity contribution in [2.24, 2.45) is 0 Å². The summed E-state index contributed by atoms with van der Waals surface area (Å²) >= 11 is 0. The first-order valence-electron chi connectivity index (χ1n) is 7.52. The van der Waals surface area contributed by atoms with E-state index in [1.807, 2.05) is 13.0 Å². The van der Waals surface area contributed by atoms with Gasteiger partial charge in [-0.15, -0.1) is 0 Å². The summed E-state index contributed by atoms with van der Waals surface area (Å²) in [4.78, 5) is 14.4. The van der Waals surface area contributed by atoms with Crippen molar-refractivity contribution < 1.29 is 14.3 Å². The molecule has 0 bridgehead atoms. The van der Waals surface area contributed by atoms with Gasteiger partial charge in [0.05, 0.1) is 42.3 Å². The van der Waals surface area contributed by atoms with Crippen LogP contribution in [0.25, 0.3) is 0 Å². The highest BCUT2D eigenvalue weighted by Crippen LogP contribution is 2.33. The van der Waals surface area contributed by atoms with Crippen LogP contribution in [0.2, 0.25) is 0 Å². The highest BCUT2D eigenvalue weighted by atomic mass is 16.5. The number of para-hydroxylation sites is 1. The molecule has 1 heterocycles. The Labute approximate surface area is 126 Å². The number of hydrogen-bond donors (Lipinski definition) is 1. The van der Waals surface area contributed by atoms with Gasteiger partial charge in [-0.25, -0.2) is 4.79 Å². The van der Waals surface area contributed by atoms with Gasteiger partial charge in [-0.1, -0.05) is 13.0 Å². The zero-order valence-corrected chi connectivity index (χ0v) is 13.0. The fourth-order valence-corrected chi connectivity index (χ4v) is 2.71. The molecule has 21 heavy (non-hydrogen) atoms. The number of morpholine rings is 1. The Bertz CT molecular complexity index is 504. The smallest absolute Gasteiger partial charge is 0.340 e. The van der Waals surface area contributed by atoms with Crippen LogP contribution in [0.5, 0.6) is 0 Å². The van der Waals surface area contributed by atoms with Crippen LogP contribution in [0.15, 0.2) is 18.2 Å². The third-order valence-electron chi connectivity index (χ3n) is 3.79. The van der Waals surface area contributed by atoms with E-state index in [2.05, 4.69) is 11.8 Å². The number of carbonyl (C=O) groups excluding carboxylic acids is 1. The number of ether oxygens (including phenoxy) is 2. The molecule has 1 aromatic carbocycles. The zero-order chi connectivity index (χ0) is 15.4. The van der Waals surface area contributed by atoms with Crippen LogP contribution in [0.4, 0.5) is 11.4 Å². The first kappa shape index (κ1) is 15.6. The van der Waals surface area contributed by atoms with E-state index in [1.54, 1.807) is 19.1 Å². The highest BCUT2D eigenvalue weighted by molar-refractivity contribution is 5.99. The Morgan fingerprint density at radius 2 is 2.24 bits per heavy atom. The molecule has 0 aromatic heterocycles. The average Bonchev–Trinajstić information content (AvgIpc) is 2.47. The Hall–Kier alpha value is -1.75. The summed E-state index contributed by atoms with van der Waals surface area (Å²) in [6.07, 6.45) is 1.05. The van der Waals surface area contributed by atoms with E-state index in [9.17, 15) is 4.79 Å². The van der Waals surface area contributed by atoms with Crippen LogP contribution in [0, 0.1) is 0 Å². The maximum atomic E-state index is 12.2. The van der Waals surface area contributed by atoms with Crippen molar-refractivity contribution in [2.45, 2.75) is 39.3 Å². The summed E-state index contributed by atoms with van der Waals surface area (Å²) in [5.41, 5.74) is 8.07. The van der Waals surface area contributed by atoms with Gasteiger partial charge in [-0.3, -0.25) is 0 Å². The van der Waals surface area contributed by atoms with Gasteiger partial charge in [-0.05, 0) is 32.4 Å². The fraction of sp³-hybridized carbons (Fsp3) is 0.562. The number of hydrogen-bond acceptors (Lipinski definition) is 5. The summed E-state index contributed by atoms with van der Waals surface area (Å²) in [5, 5.41) is 0. The fourth-order valence-electron chi connectivity index (χ4n) is 2.71. The maximum Gasteiger partial charge on any atom is 0.340 e. The van der Waals surface area contributed by atoms with Crippen LogP contribution >= 0.6 is 0 Å². The second kappa shape index (κ2) is 6.80. The van der Waals surface area contributed by atoms with Gasteiger partial charge in [0.1, 0.15) is 0 Å². The quantitative estimate of drug-likeness (QED) is 0.682. The first-order chi connectivity index (χ1) is 10.1. The minimum atomic E-state index is -0.325. The van der Waals surface area contributed by atoms with E-state index in [0.29, 0.717) is 24.5 Å². The van der Waals surface area contributed by atoms with Crippen molar-refractivity contribution in [1.29, 1.82) is 0 Å². The van der Waals surface area contributed by atoms with E-state index >= 15 is 0 Å². The zero-order valence-electron chi connectivity index (χ0n) is 13.0. The van der Waals surface area contributed by atoms with Crippen LogP contribution in [-0.4, -0.2) is 37.9 Å². The molecule has 0 amide bonds. The molecular formula is C16H24N2O3. The lowest BCUT2D eigenvalue weighted by Crippen LogP contribution is -2.49. The van der Waals surface area contributed by atoms with E-state index in [-0.39, 0.29) is 18.1 Å². The molecule has 1 aromatic rings. The van der Waals surface area contributed by atoms with Crippen molar-refractivity contribution in [3.63, 3.8) is 0 Å². The monoisotopic (exact) mass is 292 g/mol. The SMILES string of the molecule is CCOC(=O)c1cccc(N)c1N1CC(C)OCC1CC. The number of nitrogens with zero attached hydrogens (tertiary/aromatic N) is 1. The largest absolute Gasteiger partial charge is 0.462 e. The first-order valence-corrected chi connectivity index (χ1v) is 7.52. The third kappa shape index (κ3) is 3.29. The molecule has 2 N–H and O–H groups in total. The maximum absolute atomic E-state index is 12.2. The van der Waals surface area contributed by atoms with Crippen molar-refractivity contribution in [3.05, 3.63) is 23.8 Å².